The molecule has 4 heterocycles. The van der Waals surface area contributed by atoms with Crippen LogP contribution in [-0.4, -0.2) is 39.8 Å². The summed E-state index contributed by atoms with van der Waals surface area (Å²) in [6.07, 6.45) is 3.00. The number of methoxy groups -OCH3 is 1. The predicted molar refractivity (Wildman–Crippen MR) is 123 cm³/mol. The topological polar surface area (TPSA) is 128 Å². The zero-order valence-corrected chi connectivity index (χ0v) is 18.2. The first-order valence-corrected chi connectivity index (χ1v) is 10.7. The molecule has 0 unspecified atom stereocenters. The summed E-state index contributed by atoms with van der Waals surface area (Å²) in [4.78, 5) is 46.2. The maximum Gasteiger partial charge on any atom is 0.291 e. The number of hydrogen-bond acceptors (Lipinski definition) is 8. The van der Waals surface area contributed by atoms with E-state index in [9.17, 15) is 14.4 Å². The number of thiophene rings is 1. The Balaban J connectivity index is 1.71. The number of carbonyl (C=O) groups is 3. The van der Waals surface area contributed by atoms with E-state index in [1.807, 2.05) is 42.5 Å². The molecular weight excluding hydrogens is 442 g/mol. The molecule has 0 spiro atoms. The second-order valence-electron chi connectivity index (χ2n) is 7.30. The monoisotopic (exact) mass is 459 g/mol. The van der Waals surface area contributed by atoms with Crippen molar-refractivity contribution in [1.82, 2.24) is 20.4 Å². The number of nitrogen functional groups attached to an aromatic ring is 1. The molecule has 0 saturated carbocycles. The van der Waals surface area contributed by atoms with Crippen LogP contribution in [0.15, 0.2) is 54.9 Å². The fraction of sp³-hybridized carbons (Fsp3) is 0.0870. The van der Waals surface area contributed by atoms with Crippen LogP contribution in [0.4, 0.5) is 5.69 Å². The van der Waals surface area contributed by atoms with Crippen LogP contribution in [-0.2, 0) is 9.59 Å². The van der Waals surface area contributed by atoms with Crippen molar-refractivity contribution in [3.05, 3.63) is 59.7 Å². The van der Waals surface area contributed by atoms with Crippen LogP contribution in [0, 0.1) is 0 Å². The summed E-state index contributed by atoms with van der Waals surface area (Å²) in [5, 5.41) is 1.30. The van der Waals surface area contributed by atoms with Crippen LogP contribution >= 0.6 is 11.3 Å². The molecule has 3 aromatic heterocycles. The van der Waals surface area contributed by atoms with E-state index in [1.54, 1.807) is 19.5 Å². The van der Waals surface area contributed by atoms with E-state index in [1.165, 1.54) is 0 Å². The third kappa shape index (κ3) is 3.56. The van der Waals surface area contributed by atoms with Crippen LogP contribution in [0.2, 0.25) is 0 Å². The molecule has 1 aliphatic rings. The van der Waals surface area contributed by atoms with Crippen LogP contribution in [0.1, 0.15) is 16.1 Å². The van der Waals surface area contributed by atoms with E-state index in [0.717, 1.165) is 28.0 Å². The van der Waals surface area contributed by atoms with Gasteiger partial charge in [0, 0.05) is 23.3 Å². The first-order chi connectivity index (χ1) is 16.0. The Labute approximate surface area is 191 Å². The largest absolute Gasteiger partial charge is 0.497 e. The molecule has 9 nitrogen and oxygen atoms in total. The van der Waals surface area contributed by atoms with Gasteiger partial charge >= 0.3 is 0 Å². The second kappa shape index (κ2) is 7.99. The van der Waals surface area contributed by atoms with Crippen molar-refractivity contribution in [1.29, 1.82) is 0 Å². The Morgan fingerprint density at radius 1 is 1.18 bits per heavy atom. The zero-order chi connectivity index (χ0) is 23.1. The number of aromatic nitrogens is 2. The van der Waals surface area contributed by atoms with E-state index in [0.29, 0.717) is 26.7 Å². The highest BCUT2D eigenvalue weighted by molar-refractivity contribution is 7.21. The number of nitrogens with zero attached hydrogens (tertiary/aromatic N) is 3. The Hall–Kier alpha value is -4.31. The number of hydrazine groups is 1. The highest BCUT2D eigenvalue weighted by atomic mass is 32.1. The molecule has 3 N–H and O–H groups in total. The van der Waals surface area contributed by atoms with Gasteiger partial charge in [0.15, 0.2) is 0 Å². The summed E-state index contributed by atoms with van der Waals surface area (Å²) in [7, 11) is 1.59. The lowest BCUT2D eigenvalue weighted by Gasteiger charge is -2.12. The number of benzene rings is 1. The smallest absolute Gasteiger partial charge is 0.291 e. The molecule has 10 heteroatoms. The molecule has 0 radical (unpaired) electrons. The number of pyridine rings is 2. The molecule has 1 aromatic carbocycles. The Morgan fingerprint density at radius 2 is 1.97 bits per heavy atom. The Morgan fingerprint density at radius 3 is 2.61 bits per heavy atom. The van der Waals surface area contributed by atoms with Gasteiger partial charge in [0.05, 0.1) is 18.5 Å². The molecule has 0 bridgehead atoms. The average molecular weight is 459 g/mol. The third-order valence-corrected chi connectivity index (χ3v) is 6.34. The molecule has 0 aliphatic carbocycles. The van der Waals surface area contributed by atoms with Crippen molar-refractivity contribution in [3.8, 4) is 28.1 Å². The van der Waals surface area contributed by atoms with Crippen molar-refractivity contribution in [2.45, 2.75) is 6.42 Å². The number of imide groups is 1. The van der Waals surface area contributed by atoms with Gasteiger partial charge in [-0.05, 0) is 41.5 Å². The fourth-order valence-electron chi connectivity index (χ4n) is 3.65. The van der Waals surface area contributed by atoms with Gasteiger partial charge in [0.25, 0.3) is 11.8 Å². The van der Waals surface area contributed by atoms with Crippen molar-refractivity contribution in [2.75, 3.05) is 12.8 Å². The molecule has 164 valence electrons. The Bertz CT molecular complexity index is 1420. The standard InChI is InChI=1S/C23H17N5O4S/c1-32-14-6-4-12(5-7-14)15-9-16(13-3-2-8-25-11-13)26-22-19(15)20(24)21(33-22)23(31)28-18(30)10-17(29)27-28/h2-9,11H,10,24H2,1H3,(H,27,29). The maximum atomic E-state index is 13.0. The number of ether oxygens (including phenoxy) is 1. The number of nitrogens with one attached hydrogen (secondary N) is 1. The molecule has 33 heavy (non-hydrogen) atoms. The molecule has 4 aromatic rings. The highest BCUT2D eigenvalue weighted by Crippen LogP contribution is 2.42. The van der Waals surface area contributed by atoms with Crippen molar-refractivity contribution in [2.24, 2.45) is 0 Å². The SMILES string of the molecule is COc1ccc(-c2cc(-c3cccnc3)nc3sc(C(=O)N4NC(=O)CC4=O)c(N)c23)cc1. The van der Waals surface area contributed by atoms with Gasteiger partial charge in [-0.1, -0.05) is 12.1 Å². The quantitative estimate of drug-likeness (QED) is 0.355. The number of anilines is 1. The number of carbonyl (C=O) groups excluding carboxylic acids is 3. The van der Waals surface area contributed by atoms with E-state index >= 15 is 0 Å². The molecule has 1 saturated heterocycles. The van der Waals surface area contributed by atoms with Gasteiger partial charge in [-0.25, -0.2) is 4.98 Å². The first kappa shape index (κ1) is 20.6. The minimum Gasteiger partial charge on any atom is -0.497 e. The predicted octanol–water partition coefficient (Wildman–Crippen LogP) is 3.02. The average Bonchev–Trinajstić information content (AvgIpc) is 3.36. The van der Waals surface area contributed by atoms with Gasteiger partial charge in [0.2, 0.25) is 5.91 Å². The van der Waals surface area contributed by atoms with Gasteiger partial charge in [-0.15, -0.1) is 11.3 Å². The minimum absolute atomic E-state index is 0.131. The molecule has 5 rings (SSSR count). The zero-order valence-electron chi connectivity index (χ0n) is 17.4. The van der Waals surface area contributed by atoms with Crippen molar-refractivity contribution < 1.29 is 19.1 Å². The van der Waals surface area contributed by atoms with Crippen LogP contribution in [0.3, 0.4) is 0 Å². The van der Waals surface area contributed by atoms with Crippen LogP contribution in [0.5, 0.6) is 5.75 Å². The van der Waals surface area contributed by atoms with Gasteiger partial charge < -0.3 is 10.5 Å². The lowest BCUT2D eigenvalue weighted by molar-refractivity contribution is -0.126. The van der Waals surface area contributed by atoms with Gasteiger partial charge in [-0.3, -0.25) is 24.8 Å². The number of rotatable bonds is 4. The van der Waals surface area contributed by atoms with E-state index < -0.39 is 17.7 Å². The lowest BCUT2D eigenvalue weighted by atomic mass is 10.00. The number of nitrogens with two attached hydrogens (primary N) is 1. The normalized spacial score (nSPS) is 13.4. The summed E-state index contributed by atoms with van der Waals surface area (Å²) < 4.78 is 5.26. The summed E-state index contributed by atoms with van der Waals surface area (Å²) in [5.74, 6) is -1.14. The molecular formula is C23H17N5O4S. The third-order valence-electron chi connectivity index (χ3n) is 5.25. The number of fused-ring (bicyclic) bond motifs is 1. The van der Waals surface area contributed by atoms with Crippen LogP contribution < -0.4 is 15.9 Å². The second-order valence-corrected chi connectivity index (χ2v) is 8.30. The molecule has 3 amide bonds. The summed E-state index contributed by atoms with van der Waals surface area (Å²) >= 11 is 1.07. The summed E-state index contributed by atoms with van der Waals surface area (Å²) in [6, 6.07) is 13.0. The van der Waals surface area contributed by atoms with E-state index in [4.69, 9.17) is 15.5 Å². The number of hydrogen-bond donors (Lipinski definition) is 2. The van der Waals surface area contributed by atoms with Crippen molar-refractivity contribution >= 4 is 45.0 Å². The highest BCUT2D eigenvalue weighted by Gasteiger charge is 2.35. The first-order valence-electron chi connectivity index (χ1n) is 9.91. The van der Waals surface area contributed by atoms with Crippen LogP contribution in [0.25, 0.3) is 32.6 Å². The number of amides is 3. The van der Waals surface area contributed by atoms with E-state index in [2.05, 4.69) is 10.4 Å². The molecule has 1 fully saturated rings. The molecule has 0 atom stereocenters. The summed E-state index contributed by atoms with van der Waals surface area (Å²) in [6.45, 7) is 0. The van der Waals surface area contributed by atoms with E-state index in [-0.39, 0.29) is 17.0 Å². The maximum absolute atomic E-state index is 13.0. The Kier molecular flexibility index (Phi) is 4.98. The molecule has 1 aliphatic heterocycles. The minimum atomic E-state index is -0.685. The van der Waals surface area contributed by atoms with Gasteiger partial charge in [0.1, 0.15) is 21.9 Å². The lowest BCUT2D eigenvalue weighted by Crippen LogP contribution is -2.41. The van der Waals surface area contributed by atoms with Gasteiger partial charge in [-0.2, -0.15) is 5.01 Å². The van der Waals surface area contributed by atoms with Crippen molar-refractivity contribution in [3.63, 3.8) is 0 Å². The fourth-order valence-corrected chi connectivity index (χ4v) is 4.70. The summed E-state index contributed by atoms with van der Waals surface area (Å²) in [5.41, 5.74) is 12.0.